The van der Waals surface area contributed by atoms with Crippen LogP contribution in [0.25, 0.3) is 0 Å². The van der Waals surface area contributed by atoms with Crippen molar-refractivity contribution in [3.8, 4) is 0 Å². The summed E-state index contributed by atoms with van der Waals surface area (Å²) in [5.74, 6) is -0.635. The average Bonchev–Trinajstić information content (AvgIpc) is 2.29. The van der Waals surface area contributed by atoms with Gasteiger partial charge in [-0.25, -0.2) is 9.59 Å². The van der Waals surface area contributed by atoms with Crippen molar-refractivity contribution in [3.63, 3.8) is 0 Å². The fourth-order valence-electron chi connectivity index (χ4n) is 3.42. The average molecular weight is 248 g/mol. The first-order valence-corrected chi connectivity index (χ1v) is 6.10. The van der Waals surface area contributed by atoms with Crippen molar-refractivity contribution < 1.29 is 19.1 Å². The molecule has 4 nitrogen and oxygen atoms in total. The zero-order valence-electron chi connectivity index (χ0n) is 10.9. The van der Waals surface area contributed by atoms with Gasteiger partial charge in [0.1, 0.15) is 12.2 Å². The van der Waals surface area contributed by atoms with Gasteiger partial charge >= 0.3 is 11.9 Å². The van der Waals surface area contributed by atoms with E-state index >= 15 is 0 Å². The second-order valence-corrected chi connectivity index (χ2v) is 5.87. The van der Waals surface area contributed by atoms with Gasteiger partial charge in [-0.3, -0.25) is 0 Å². The first-order valence-electron chi connectivity index (χ1n) is 6.10. The maximum atomic E-state index is 11.6. The highest BCUT2D eigenvalue weighted by Gasteiger charge is 2.71. The molecule has 0 amide bonds. The van der Waals surface area contributed by atoms with Crippen molar-refractivity contribution >= 4 is 11.9 Å². The van der Waals surface area contributed by atoms with E-state index in [4.69, 9.17) is 9.47 Å². The van der Waals surface area contributed by atoms with Crippen LogP contribution in [0.1, 0.15) is 27.7 Å². The van der Waals surface area contributed by atoms with Crippen LogP contribution in [-0.4, -0.2) is 24.1 Å². The van der Waals surface area contributed by atoms with Crippen molar-refractivity contribution in [3.05, 3.63) is 23.3 Å². The highest BCUT2D eigenvalue weighted by atomic mass is 16.6. The maximum Gasteiger partial charge on any atom is 0.333 e. The predicted octanol–water partition coefficient (Wildman–Crippen LogP) is 1.76. The lowest BCUT2D eigenvalue weighted by Gasteiger charge is -2.64. The summed E-state index contributed by atoms with van der Waals surface area (Å²) in [6.07, 6.45) is 3.19. The zero-order valence-corrected chi connectivity index (χ0v) is 10.9. The van der Waals surface area contributed by atoms with E-state index in [2.05, 4.69) is 0 Å². The minimum atomic E-state index is -0.369. The summed E-state index contributed by atoms with van der Waals surface area (Å²) in [7, 11) is 0. The molecule has 0 bridgehead atoms. The van der Waals surface area contributed by atoms with E-state index in [0.29, 0.717) is 11.1 Å². The molecule has 4 heteroatoms. The number of ether oxygens (including phenoxy) is 2. The van der Waals surface area contributed by atoms with E-state index in [-0.39, 0.29) is 35.0 Å². The van der Waals surface area contributed by atoms with Gasteiger partial charge in [0.25, 0.3) is 0 Å². The molecule has 18 heavy (non-hydrogen) atoms. The Balaban J connectivity index is 2.12. The largest absolute Gasteiger partial charge is 0.454 e. The van der Waals surface area contributed by atoms with E-state index in [1.165, 1.54) is 0 Å². The number of hydrogen-bond donors (Lipinski definition) is 0. The topological polar surface area (TPSA) is 52.6 Å². The molecule has 1 aliphatic carbocycles. The molecule has 0 unspecified atom stereocenters. The SMILES string of the molecule is CC1=C[C@]2(C)[C@H](OC1=O)[C@@H]1OC(=O)C(C)=C[C@]12C. The van der Waals surface area contributed by atoms with Crippen LogP contribution in [0.5, 0.6) is 0 Å². The first kappa shape index (κ1) is 11.5. The number of esters is 2. The highest BCUT2D eigenvalue weighted by Crippen LogP contribution is 2.64. The van der Waals surface area contributed by atoms with Crippen molar-refractivity contribution in [2.24, 2.45) is 10.8 Å². The Kier molecular flexibility index (Phi) is 1.95. The second kappa shape index (κ2) is 3.05. The van der Waals surface area contributed by atoms with Gasteiger partial charge in [0, 0.05) is 22.0 Å². The standard InChI is InChI=1S/C14H16O4/c1-7-5-13(3)9(17-11(7)15)10-14(13,4)6-8(2)12(16)18-10/h5-6,9-10H,1-4H3/t9-,10+,13-,14-/m1/s1. The Labute approximate surface area is 106 Å². The quantitative estimate of drug-likeness (QED) is 0.613. The summed E-state index contributed by atoms with van der Waals surface area (Å²) in [5, 5.41) is 0. The van der Waals surface area contributed by atoms with Gasteiger partial charge in [-0.05, 0) is 13.8 Å². The zero-order chi connectivity index (χ0) is 13.3. The minimum Gasteiger partial charge on any atom is -0.454 e. The van der Waals surface area contributed by atoms with Gasteiger partial charge in [-0.2, -0.15) is 0 Å². The third kappa shape index (κ3) is 1.06. The molecule has 3 rings (SSSR count). The fraction of sp³-hybridized carbons (Fsp3) is 0.571. The van der Waals surface area contributed by atoms with Crippen molar-refractivity contribution in [2.45, 2.75) is 39.9 Å². The van der Waals surface area contributed by atoms with Crippen LogP contribution in [0.4, 0.5) is 0 Å². The summed E-state index contributed by atoms with van der Waals surface area (Å²) >= 11 is 0. The van der Waals surface area contributed by atoms with Gasteiger partial charge in [0.15, 0.2) is 0 Å². The Hall–Kier alpha value is -1.58. The van der Waals surface area contributed by atoms with Gasteiger partial charge < -0.3 is 9.47 Å². The second-order valence-electron chi connectivity index (χ2n) is 5.87. The van der Waals surface area contributed by atoms with Crippen LogP contribution in [0.2, 0.25) is 0 Å². The molecule has 2 heterocycles. The molecule has 96 valence electrons. The van der Waals surface area contributed by atoms with E-state index in [9.17, 15) is 9.59 Å². The molecule has 0 aromatic carbocycles. The highest BCUT2D eigenvalue weighted by molar-refractivity contribution is 5.91. The van der Waals surface area contributed by atoms with Crippen LogP contribution in [0, 0.1) is 10.8 Å². The van der Waals surface area contributed by atoms with Crippen LogP contribution >= 0.6 is 0 Å². The van der Waals surface area contributed by atoms with Crippen LogP contribution < -0.4 is 0 Å². The molecule has 1 fully saturated rings. The molecular weight excluding hydrogens is 232 g/mol. The van der Waals surface area contributed by atoms with E-state index in [1.807, 2.05) is 26.0 Å². The Morgan fingerprint density at radius 3 is 1.56 bits per heavy atom. The first-order chi connectivity index (χ1) is 8.29. The van der Waals surface area contributed by atoms with Crippen molar-refractivity contribution in [1.82, 2.24) is 0 Å². The number of rotatable bonds is 0. The van der Waals surface area contributed by atoms with E-state index in [0.717, 1.165) is 0 Å². The molecule has 0 radical (unpaired) electrons. The van der Waals surface area contributed by atoms with Crippen LogP contribution in [0.3, 0.4) is 0 Å². The molecule has 4 atom stereocenters. The van der Waals surface area contributed by atoms with Gasteiger partial charge in [0.2, 0.25) is 0 Å². The lowest BCUT2D eigenvalue weighted by Crippen LogP contribution is -2.73. The number of carbonyl (C=O) groups excluding carboxylic acids is 2. The molecule has 0 aromatic rings. The molecule has 0 spiro atoms. The van der Waals surface area contributed by atoms with Crippen molar-refractivity contribution in [1.29, 1.82) is 0 Å². The van der Waals surface area contributed by atoms with E-state index in [1.54, 1.807) is 13.8 Å². The monoisotopic (exact) mass is 248 g/mol. The molecule has 0 saturated heterocycles. The molecule has 2 aliphatic heterocycles. The normalized spacial score (nSPS) is 45.8. The van der Waals surface area contributed by atoms with Gasteiger partial charge in [-0.15, -0.1) is 0 Å². The Bertz CT molecular complexity index is 482. The summed E-state index contributed by atoms with van der Waals surface area (Å²) in [6.45, 7) is 7.61. The lowest BCUT2D eigenvalue weighted by molar-refractivity contribution is -0.254. The van der Waals surface area contributed by atoms with Crippen molar-refractivity contribution in [2.75, 3.05) is 0 Å². The third-order valence-electron chi connectivity index (χ3n) is 4.76. The maximum absolute atomic E-state index is 11.6. The van der Waals surface area contributed by atoms with Gasteiger partial charge in [0.05, 0.1) is 0 Å². The molecule has 3 aliphatic rings. The molecule has 0 aromatic heterocycles. The number of hydrogen-bond acceptors (Lipinski definition) is 4. The van der Waals surface area contributed by atoms with E-state index < -0.39 is 0 Å². The summed E-state index contributed by atoms with van der Waals surface area (Å²) < 4.78 is 10.8. The Morgan fingerprint density at radius 2 is 1.22 bits per heavy atom. The van der Waals surface area contributed by atoms with Crippen LogP contribution in [0.15, 0.2) is 23.3 Å². The van der Waals surface area contributed by atoms with Gasteiger partial charge in [-0.1, -0.05) is 26.0 Å². The molecular formula is C14H16O4. The smallest absolute Gasteiger partial charge is 0.333 e. The lowest BCUT2D eigenvalue weighted by atomic mass is 9.45. The van der Waals surface area contributed by atoms with Crippen LogP contribution in [-0.2, 0) is 19.1 Å². The number of fused-ring (bicyclic) bond motifs is 4. The fourth-order valence-corrected chi connectivity index (χ4v) is 3.42. The summed E-state index contributed by atoms with van der Waals surface area (Å²) in [4.78, 5) is 23.2. The summed E-state index contributed by atoms with van der Waals surface area (Å²) in [6, 6.07) is 0. The Morgan fingerprint density at radius 1 is 0.889 bits per heavy atom. The number of carbonyl (C=O) groups is 2. The molecule has 0 N–H and O–H groups in total. The minimum absolute atomic E-state index is 0.294. The third-order valence-corrected chi connectivity index (χ3v) is 4.76. The molecule has 1 saturated carbocycles. The predicted molar refractivity (Wildman–Crippen MR) is 63.5 cm³/mol. The summed E-state index contributed by atoms with van der Waals surface area (Å²) in [5.41, 5.74) is 0.655.